The second kappa shape index (κ2) is 2.60. The first-order chi connectivity index (χ1) is 4.75. The van der Waals surface area contributed by atoms with E-state index in [9.17, 15) is 4.79 Å². The first-order valence-corrected chi connectivity index (χ1v) is 3.16. The van der Waals surface area contributed by atoms with Gasteiger partial charge < -0.3 is 0 Å². The third-order valence-corrected chi connectivity index (χ3v) is 1.33. The molecule has 0 radical (unpaired) electrons. The molecule has 0 amide bonds. The number of nitrogens with zero attached hydrogens (tertiary/aromatic N) is 2. The molecule has 0 fully saturated rings. The normalized spacial score (nSPS) is 9.80. The maximum atomic E-state index is 11.1. The van der Waals surface area contributed by atoms with Gasteiger partial charge in [0, 0.05) is 0 Å². The van der Waals surface area contributed by atoms with Crippen LogP contribution in [0.25, 0.3) is 0 Å². The summed E-state index contributed by atoms with van der Waals surface area (Å²) >= 11 is 0. The van der Waals surface area contributed by atoms with Crippen molar-refractivity contribution < 1.29 is 0 Å². The molecule has 1 N–H and O–H groups in total. The first-order valence-electron chi connectivity index (χ1n) is 3.16. The summed E-state index contributed by atoms with van der Waals surface area (Å²) in [7, 11) is 0. The van der Waals surface area contributed by atoms with Crippen LogP contribution in [0.2, 0.25) is 0 Å². The van der Waals surface area contributed by atoms with E-state index >= 15 is 0 Å². The number of hydrogen-bond donors (Lipinski definition) is 1. The van der Waals surface area contributed by atoms with Gasteiger partial charge in [-0.15, -0.1) is 0 Å². The molecule has 0 saturated carbocycles. The van der Waals surface area contributed by atoms with Crippen LogP contribution in [0.1, 0.15) is 18.3 Å². The van der Waals surface area contributed by atoms with Crippen molar-refractivity contribution in [2.45, 2.75) is 20.3 Å². The fourth-order valence-electron chi connectivity index (χ4n) is 0.710. The van der Waals surface area contributed by atoms with Crippen molar-refractivity contribution in [3.05, 3.63) is 21.6 Å². The van der Waals surface area contributed by atoms with E-state index in [1.165, 1.54) is 0 Å². The minimum atomic E-state index is -0.0544. The van der Waals surface area contributed by atoms with E-state index in [1.54, 1.807) is 6.92 Å². The van der Waals surface area contributed by atoms with Gasteiger partial charge >= 0.3 is 0 Å². The van der Waals surface area contributed by atoms with Crippen LogP contribution in [0, 0.1) is 6.92 Å². The molecule has 54 valence electrons. The predicted octanol–water partition coefficient (Wildman–Crippen LogP) is 0.0357. The molecule has 1 rings (SSSR count). The molecule has 4 nitrogen and oxygen atoms in total. The van der Waals surface area contributed by atoms with E-state index in [0.717, 1.165) is 0 Å². The summed E-state index contributed by atoms with van der Waals surface area (Å²) in [6.07, 6.45) is 0.651. The molecular weight excluding hydrogens is 130 g/mol. The summed E-state index contributed by atoms with van der Waals surface area (Å²) in [4.78, 5) is 11.1. The maximum Gasteiger partial charge on any atom is 0.224 e. The second-order valence-corrected chi connectivity index (χ2v) is 2.04. The molecule has 0 saturated heterocycles. The van der Waals surface area contributed by atoms with Gasteiger partial charge in [-0.05, 0) is 13.3 Å². The topological polar surface area (TPSA) is 58.6 Å². The zero-order valence-electron chi connectivity index (χ0n) is 6.01. The van der Waals surface area contributed by atoms with Crippen molar-refractivity contribution in [2.24, 2.45) is 0 Å². The highest BCUT2D eigenvalue weighted by Gasteiger charge is 2.00. The first kappa shape index (κ1) is 6.92. The third-order valence-electron chi connectivity index (χ3n) is 1.33. The van der Waals surface area contributed by atoms with Gasteiger partial charge in [-0.3, -0.25) is 4.79 Å². The summed E-state index contributed by atoms with van der Waals surface area (Å²) in [5, 5.41) is 9.77. The molecule has 0 aliphatic carbocycles. The van der Waals surface area contributed by atoms with Gasteiger partial charge in [-0.25, -0.2) is 0 Å². The summed E-state index contributed by atoms with van der Waals surface area (Å²) in [5.41, 5.74) is 0.973. The Morgan fingerprint density at radius 3 is 2.70 bits per heavy atom. The van der Waals surface area contributed by atoms with Crippen LogP contribution in [0.4, 0.5) is 0 Å². The Labute approximate surface area is 58.3 Å². The van der Waals surface area contributed by atoms with Gasteiger partial charge in [0.05, 0.1) is 0 Å². The van der Waals surface area contributed by atoms with Gasteiger partial charge in [0.2, 0.25) is 5.43 Å². The molecule has 0 aliphatic heterocycles. The van der Waals surface area contributed by atoms with Crippen LogP contribution >= 0.6 is 0 Å². The molecular formula is C6H9N3O. The lowest BCUT2D eigenvalue weighted by Gasteiger charge is -1.92. The Hall–Kier alpha value is -1.19. The monoisotopic (exact) mass is 139 g/mol. The van der Waals surface area contributed by atoms with Crippen molar-refractivity contribution >= 4 is 0 Å². The lowest BCUT2D eigenvalue weighted by Crippen LogP contribution is -2.16. The quantitative estimate of drug-likeness (QED) is 0.597. The van der Waals surface area contributed by atoms with Gasteiger partial charge in [0.1, 0.15) is 11.4 Å². The van der Waals surface area contributed by atoms with Crippen LogP contribution < -0.4 is 5.43 Å². The maximum absolute atomic E-state index is 11.1. The van der Waals surface area contributed by atoms with Crippen molar-refractivity contribution in [1.82, 2.24) is 15.4 Å². The van der Waals surface area contributed by atoms with Crippen molar-refractivity contribution in [1.29, 1.82) is 0 Å². The molecule has 1 aromatic heterocycles. The summed E-state index contributed by atoms with van der Waals surface area (Å²) in [6, 6.07) is 0. The van der Waals surface area contributed by atoms with E-state index in [-0.39, 0.29) is 5.43 Å². The van der Waals surface area contributed by atoms with Crippen LogP contribution in [0.5, 0.6) is 0 Å². The molecule has 0 unspecified atom stereocenters. The summed E-state index contributed by atoms with van der Waals surface area (Å²) < 4.78 is 0. The molecule has 0 atom stereocenters. The lowest BCUT2D eigenvalue weighted by atomic mass is 10.3. The average molecular weight is 139 g/mol. The largest absolute Gasteiger partial charge is 0.286 e. The highest BCUT2D eigenvalue weighted by Crippen LogP contribution is 1.83. The fraction of sp³-hybridized carbons (Fsp3) is 0.500. The molecule has 0 aliphatic rings. The Morgan fingerprint density at radius 2 is 2.20 bits per heavy atom. The number of hydrogen-bond acceptors (Lipinski definition) is 3. The number of H-pyrrole nitrogens is 1. The van der Waals surface area contributed by atoms with Crippen LogP contribution in [-0.4, -0.2) is 15.4 Å². The Balaban J connectivity index is 3.28. The van der Waals surface area contributed by atoms with Crippen LogP contribution in [0.3, 0.4) is 0 Å². The highest BCUT2D eigenvalue weighted by atomic mass is 16.1. The van der Waals surface area contributed by atoms with Crippen LogP contribution in [-0.2, 0) is 6.42 Å². The minimum Gasteiger partial charge on any atom is -0.286 e. The fourth-order valence-corrected chi connectivity index (χ4v) is 0.710. The third kappa shape index (κ3) is 1.05. The van der Waals surface area contributed by atoms with E-state index in [2.05, 4.69) is 15.4 Å². The molecule has 1 heterocycles. The number of rotatable bonds is 1. The van der Waals surface area contributed by atoms with Crippen LogP contribution in [0.15, 0.2) is 4.79 Å². The summed E-state index contributed by atoms with van der Waals surface area (Å²) in [6.45, 7) is 3.55. The molecule has 4 heteroatoms. The summed E-state index contributed by atoms with van der Waals surface area (Å²) in [5.74, 6) is 0. The predicted molar refractivity (Wildman–Crippen MR) is 36.8 cm³/mol. The van der Waals surface area contributed by atoms with Gasteiger partial charge in [0.15, 0.2) is 0 Å². The average Bonchev–Trinajstić information content (AvgIpc) is 1.95. The Bertz CT molecular complexity index is 279. The smallest absolute Gasteiger partial charge is 0.224 e. The lowest BCUT2D eigenvalue weighted by molar-refractivity contribution is 0.778. The molecule has 0 spiro atoms. The molecule has 1 aromatic rings. The highest BCUT2D eigenvalue weighted by molar-refractivity contribution is 5.04. The molecule has 10 heavy (non-hydrogen) atoms. The van der Waals surface area contributed by atoms with Gasteiger partial charge in [0.25, 0.3) is 0 Å². The van der Waals surface area contributed by atoms with E-state index in [1.807, 2.05) is 6.92 Å². The van der Waals surface area contributed by atoms with Gasteiger partial charge in [-0.1, -0.05) is 6.92 Å². The van der Waals surface area contributed by atoms with Gasteiger partial charge in [-0.2, -0.15) is 15.4 Å². The van der Waals surface area contributed by atoms with E-state index < -0.39 is 0 Å². The zero-order chi connectivity index (χ0) is 7.56. The number of aromatic nitrogens is 3. The van der Waals surface area contributed by atoms with E-state index in [4.69, 9.17) is 0 Å². The molecule has 0 aromatic carbocycles. The number of nitrogens with one attached hydrogen (secondary N) is 1. The van der Waals surface area contributed by atoms with Crippen molar-refractivity contribution in [3.63, 3.8) is 0 Å². The second-order valence-electron chi connectivity index (χ2n) is 2.04. The standard InChI is InChI=1S/C6H9N3O/c1-3-5-6(10)4(2)7-9-8-5/h3H2,1-2H3,(H,9,10). The SMILES string of the molecule is CCc1n[nH]nc(C)c1=O. The number of aromatic amines is 1. The Kier molecular flexibility index (Phi) is 1.80. The zero-order valence-corrected chi connectivity index (χ0v) is 6.01. The molecule has 0 bridgehead atoms. The minimum absolute atomic E-state index is 0.0544. The van der Waals surface area contributed by atoms with E-state index in [0.29, 0.717) is 17.8 Å². The Morgan fingerprint density at radius 1 is 1.50 bits per heavy atom. The number of aryl methyl sites for hydroxylation is 2. The van der Waals surface area contributed by atoms with Crippen molar-refractivity contribution in [3.8, 4) is 0 Å². The van der Waals surface area contributed by atoms with Crippen molar-refractivity contribution in [2.75, 3.05) is 0 Å².